The van der Waals surface area contributed by atoms with Crippen LogP contribution in [-0.2, 0) is 4.79 Å². The van der Waals surface area contributed by atoms with Gasteiger partial charge in [-0.25, -0.2) is 0 Å². The van der Waals surface area contributed by atoms with E-state index < -0.39 is 0 Å². The van der Waals surface area contributed by atoms with Crippen molar-refractivity contribution in [2.45, 2.75) is 19.8 Å². The number of rotatable bonds is 4. The van der Waals surface area contributed by atoms with Crippen molar-refractivity contribution in [3.63, 3.8) is 0 Å². The lowest BCUT2D eigenvalue weighted by molar-refractivity contribution is -0.138. The molecule has 1 fully saturated rings. The Labute approximate surface area is 125 Å². The van der Waals surface area contributed by atoms with Crippen molar-refractivity contribution in [3.8, 4) is 17.6 Å². The van der Waals surface area contributed by atoms with Crippen LogP contribution in [-0.4, -0.2) is 42.2 Å². The van der Waals surface area contributed by atoms with Gasteiger partial charge in [0.1, 0.15) is 19.0 Å². The van der Waals surface area contributed by atoms with Gasteiger partial charge in [0.2, 0.25) is 5.91 Å². The number of carbonyl (C=O) groups is 1. The summed E-state index contributed by atoms with van der Waals surface area (Å²) in [5, 5.41) is 8.69. The monoisotopic (exact) mass is 287 g/mol. The Kier molecular flexibility index (Phi) is 5.65. The van der Waals surface area contributed by atoms with Crippen LogP contribution >= 0.6 is 0 Å². The first-order valence-corrected chi connectivity index (χ1v) is 7.32. The maximum absolute atomic E-state index is 12.0. The molecule has 1 saturated heterocycles. The first-order valence-electron chi connectivity index (χ1n) is 7.32. The Hall–Kier alpha value is -1.99. The summed E-state index contributed by atoms with van der Waals surface area (Å²) in [5.74, 6) is 6.55. The van der Waals surface area contributed by atoms with Gasteiger partial charge in [-0.2, -0.15) is 0 Å². The molecule has 21 heavy (non-hydrogen) atoms. The molecule has 1 aliphatic heterocycles. The third kappa shape index (κ3) is 4.51. The molecule has 1 N–H and O–H groups in total. The summed E-state index contributed by atoms with van der Waals surface area (Å²) in [6.45, 7) is 3.76. The number of aliphatic hydroxyl groups is 1. The molecule has 0 radical (unpaired) electrons. The highest BCUT2D eigenvalue weighted by molar-refractivity contribution is 5.79. The zero-order chi connectivity index (χ0) is 15.1. The van der Waals surface area contributed by atoms with E-state index in [0.717, 1.165) is 30.7 Å². The number of ether oxygens (including phenoxy) is 1. The molecule has 1 aromatic rings. The second kappa shape index (κ2) is 7.70. The van der Waals surface area contributed by atoms with Crippen LogP contribution in [0.15, 0.2) is 24.3 Å². The van der Waals surface area contributed by atoms with E-state index >= 15 is 0 Å². The van der Waals surface area contributed by atoms with Crippen LogP contribution in [0.1, 0.15) is 25.3 Å². The summed E-state index contributed by atoms with van der Waals surface area (Å²) in [6.07, 6.45) is 2.06. The zero-order valence-corrected chi connectivity index (χ0v) is 12.3. The van der Waals surface area contributed by atoms with Crippen LogP contribution in [0.25, 0.3) is 0 Å². The summed E-state index contributed by atoms with van der Waals surface area (Å²) >= 11 is 0. The van der Waals surface area contributed by atoms with E-state index in [9.17, 15) is 4.79 Å². The molecule has 1 aromatic carbocycles. The van der Waals surface area contributed by atoms with E-state index in [-0.39, 0.29) is 18.4 Å². The SMILES string of the molecule is CC1CCCN(CCOc2cccc(C#CCO)c2)C1=O. The molecule has 0 spiro atoms. The van der Waals surface area contributed by atoms with E-state index in [1.165, 1.54) is 0 Å². The van der Waals surface area contributed by atoms with E-state index in [4.69, 9.17) is 9.84 Å². The minimum Gasteiger partial charge on any atom is -0.492 e. The number of amides is 1. The molecule has 2 rings (SSSR count). The molecule has 0 saturated carbocycles. The van der Waals surface area contributed by atoms with Crippen LogP contribution < -0.4 is 4.74 Å². The van der Waals surface area contributed by atoms with E-state index in [2.05, 4.69) is 11.8 Å². The molecule has 1 amide bonds. The summed E-state index contributed by atoms with van der Waals surface area (Å²) in [7, 11) is 0. The normalized spacial score (nSPS) is 18.1. The van der Waals surface area contributed by atoms with Gasteiger partial charge in [-0.05, 0) is 31.0 Å². The van der Waals surface area contributed by atoms with Gasteiger partial charge in [0.05, 0.1) is 6.54 Å². The lowest BCUT2D eigenvalue weighted by atomic mass is 9.99. The van der Waals surface area contributed by atoms with Crippen molar-refractivity contribution < 1.29 is 14.6 Å². The Morgan fingerprint density at radius 1 is 1.48 bits per heavy atom. The number of carbonyl (C=O) groups excluding carboxylic acids is 1. The summed E-state index contributed by atoms with van der Waals surface area (Å²) < 4.78 is 5.69. The lowest BCUT2D eigenvalue weighted by Gasteiger charge is -2.30. The second-order valence-corrected chi connectivity index (χ2v) is 5.20. The average Bonchev–Trinajstić information content (AvgIpc) is 2.50. The maximum Gasteiger partial charge on any atom is 0.225 e. The summed E-state index contributed by atoms with van der Waals surface area (Å²) in [4.78, 5) is 13.8. The zero-order valence-electron chi connectivity index (χ0n) is 12.3. The predicted molar refractivity (Wildman–Crippen MR) is 80.9 cm³/mol. The van der Waals surface area contributed by atoms with Gasteiger partial charge in [-0.1, -0.05) is 24.8 Å². The number of likely N-dealkylation sites (tertiary alicyclic amines) is 1. The first kappa shape index (κ1) is 15.4. The molecule has 1 atom stereocenters. The number of piperidine rings is 1. The van der Waals surface area contributed by atoms with Crippen LogP contribution in [0.5, 0.6) is 5.75 Å². The highest BCUT2D eigenvalue weighted by Crippen LogP contribution is 2.17. The van der Waals surface area contributed by atoms with Gasteiger partial charge >= 0.3 is 0 Å². The van der Waals surface area contributed by atoms with E-state index in [1.807, 2.05) is 36.1 Å². The average molecular weight is 287 g/mol. The first-order chi connectivity index (χ1) is 10.2. The van der Waals surface area contributed by atoms with Crippen LogP contribution in [0.2, 0.25) is 0 Å². The Morgan fingerprint density at radius 3 is 3.14 bits per heavy atom. The number of hydrogen-bond acceptors (Lipinski definition) is 3. The minimum absolute atomic E-state index is 0.135. The highest BCUT2D eigenvalue weighted by atomic mass is 16.5. The summed E-state index contributed by atoms with van der Waals surface area (Å²) in [6, 6.07) is 7.43. The van der Waals surface area contributed by atoms with Crippen molar-refractivity contribution in [2.24, 2.45) is 5.92 Å². The van der Waals surface area contributed by atoms with Gasteiger partial charge in [-0.3, -0.25) is 4.79 Å². The van der Waals surface area contributed by atoms with Gasteiger partial charge in [0.15, 0.2) is 0 Å². The standard InChI is InChI=1S/C17H21NO3/c1-14-5-3-9-18(17(14)20)10-12-21-16-8-2-6-15(13-16)7-4-11-19/h2,6,8,13-14,19H,3,5,9-12H2,1H3. The number of nitrogens with zero attached hydrogens (tertiary/aromatic N) is 1. The molecule has 1 unspecified atom stereocenters. The molecule has 112 valence electrons. The second-order valence-electron chi connectivity index (χ2n) is 5.20. The van der Waals surface area contributed by atoms with E-state index in [1.54, 1.807) is 0 Å². The van der Waals surface area contributed by atoms with Crippen LogP contribution in [0, 0.1) is 17.8 Å². The molecule has 0 bridgehead atoms. The molecular formula is C17H21NO3. The molecule has 1 heterocycles. The number of benzene rings is 1. The number of hydrogen-bond donors (Lipinski definition) is 1. The molecule has 4 nitrogen and oxygen atoms in total. The minimum atomic E-state index is -0.152. The molecule has 0 aliphatic carbocycles. The van der Waals surface area contributed by atoms with Crippen molar-refractivity contribution in [1.82, 2.24) is 4.90 Å². The fraction of sp³-hybridized carbons (Fsp3) is 0.471. The van der Waals surface area contributed by atoms with Gasteiger partial charge in [0, 0.05) is 18.0 Å². The smallest absolute Gasteiger partial charge is 0.225 e. The molecule has 0 aromatic heterocycles. The summed E-state index contributed by atoms with van der Waals surface area (Å²) in [5.41, 5.74) is 0.809. The van der Waals surface area contributed by atoms with Crippen molar-refractivity contribution >= 4 is 5.91 Å². The lowest BCUT2D eigenvalue weighted by Crippen LogP contribution is -2.42. The number of aliphatic hydroxyl groups excluding tert-OH is 1. The van der Waals surface area contributed by atoms with Gasteiger partial charge in [0.25, 0.3) is 0 Å². The van der Waals surface area contributed by atoms with Gasteiger partial charge < -0.3 is 14.7 Å². The molecule has 1 aliphatic rings. The Bertz CT molecular complexity index is 544. The fourth-order valence-electron chi connectivity index (χ4n) is 2.43. The Balaban J connectivity index is 1.84. The van der Waals surface area contributed by atoms with E-state index in [0.29, 0.717) is 13.2 Å². The van der Waals surface area contributed by atoms with Crippen LogP contribution in [0.3, 0.4) is 0 Å². The molecular weight excluding hydrogens is 266 g/mol. The molecule has 4 heteroatoms. The topological polar surface area (TPSA) is 49.8 Å². The quantitative estimate of drug-likeness (QED) is 0.857. The largest absolute Gasteiger partial charge is 0.492 e. The predicted octanol–water partition coefficient (Wildman–Crippen LogP) is 1.67. The third-order valence-corrected chi connectivity index (χ3v) is 3.57. The third-order valence-electron chi connectivity index (χ3n) is 3.57. The van der Waals surface area contributed by atoms with Crippen molar-refractivity contribution in [2.75, 3.05) is 26.3 Å². The van der Waals surface area contributed by atoms with Crippen molar-refractivity contribution in [3.05, 3.63) is 29.8 Å². The van der Waals surface area contributed by atoms with Gasteiger partial charge in [-0.15, -0.1) is 0 Å². The maximum atomic E-state index is 12.0. The van der Waals surface area contributed by atoms with Crippen LogP contribution in [0.4, 0.5) is 0 Å². The fourth-order valence-corrected chi connectivity index (χ4v) is 2.43. The van der Waals surface area contributed by atoms with Crippen molar-refractivity contribution in [1.29, 1.82) is 0 Å². The Morgan fingerprint density at radius 2 is 2.33 bits per heavy atom. The highest BCUT2D eigenvalue weighted by Gasteiger charge is 2.24.